The van der Waals surface area contributed by atoms with Crippen LogP contribution in [0.15, 0.2) is 72.3 Å². The minimum Gasteiger partial charge on any atom is -0.403 e. The molecule has 0 N–H and O–H groups in total. The quantitative estimate of drug-likeness (QED) is 0.382. The van der Waals surface area contributed by atoms with Crippen molar-refractivity contribution in [1.82, 2.24) is 0 Å². The van der Waals surface area contributed by atoms with E-state index in [-0.39, 0.29) is 22.3 Å². The largest absolute Gasteiger partial charge is 0.403 e. The topological polar surface area (TPSA) is 26.3 Å². The average Bonchev–Trinajstić information content (AvgIpc) is 3.15. The van der Waals surface area contributed by atoms with E-state index in [0.29, 0.717) is 18.3 Å². The van der Waals surface area contributed by atoms with Gasteiger partial charge >= 0.3 is 0 Å². The first-order chi connectivity index (χ1) is 15.6. The molecule has 176 valence electrons. The molecule has 0 heterocycles. The maximum Gasteiger partial charge on any atom is 0.261 e. The summed E-state index contributed by atoms with van der Waals surface area (Å²) in [6.07, 6.45) is 6.07. The molecule has 0 unspecified atom stereocenters. The zero-order valence-corrected chi connectivity index (χ0v) is 22.2. The lowest BCUT2D eigenvalue weighted by Crippen LogP contribution is -2.66. The predicted molar refractivity (Wildman–Crippen MR) is 140 cm³/mol. The van der Waals surface area contributed by atoms with E-state index in [0.717, 1.165) is 0 Å². The summed E-state index contributed by atoms with van der Waals surface area (Å²) in [5.41, 5.74) is 1.44. The Morgan fingerprint density at radius 1 is 1.03 bits per heavy atom. The van der Waals surface area contributed by atoms with Gasteiger partial charge in [-0.05, 0) is 58.0 Å². The molecule has 1 saturated carbocycles. The van der Waals surface area contributed by atoms with Crippen molar-refractivity contribution in [3.63, 3.8) is 0 Å². The monoisotopic (exact) mass is 460 g/mol. The Morgan fingerprint density at radius 2 is 1.58 bits per heavy atom. The number of hydrogen-bond acceptors (Lipinski definition) is 2. The highest BCUT2D eigenvalue weighted by Gasteiger charge is 2.52. The standard InChI is InChI=1S/C30H40O2Si/c1-22-24(20-30(6)19-13-18-27(30)28(22)23(2)31)21-32-33(29(3,4)5,25-14-9-7-10-15-25)26-16-11-8-12-17-26/h7-12,14-17,20,22,27-28H,13,18-19,21H2,1-6H3/t22-,27+,28+,30-/m1/s1. The summed E-state index contributed by atoms with van der Waals surface area (Å²) in [6, 6.07) is 21.7. The molecule has 33 heavy (non-hydrogen) atoms. The van der Waals surface area contributed by atoms with E-state index in [9.17, 15) is 4.79 Å². The molecule has 2 aromatic carbocycles. The third-order valence-electron chi connectivity index (χ3n) is 8.49. The van der Waals surface area contributed by atoms with Crippen LogP contribution in [0.25, 0.3) is 0 Å². The van der Waals surface area contributed by atoms with Gasteiger partial charge in [0.15, 0.2) is 0 Å². The number of benzene rings is 2. The van der Waals surface area contributed by atoms with E-state index < -0.39 is 8.32 Å². The second kappa shape index (κ2) is 9.00. The van der Waals surface area contributed by atoms with Gasteiger partial charge in [-0.15, -0.1) is 0 Å². The van der Waals surface area contributed by atoms with E-state index in [1.165, 1.54) is 35.2 Å². The number of fused-ring (bicyclic) bond motifs is 1. The summed E-state index contributed by atoms with van der Waals surface area (Å²) in [5, 5.41) is 2.56. The molecule has 0 aromatic heterocycles. The van der Waals surface area contributed by atoms with E-state index in [1.54, 1.807) is 6.92 Å². The number of carbonyl (C=O) groups is 1. The van der Waals surface area contributed by atoms with E-state index in [1.807, 2.05) is 0 Å². The first kappa shape index (κ1) is 24.2. The van der Waals surface area contributed by atoms with Gasteiger partial charge in [-0.2, -0.15) is 0 Å². The molecule has 0 spiro atoms. The summed E-state index contributed by atoms with van der Waals surface area (Å²) in [4.78, 5) is 12.8. The fourth-order valence-electron chi connectivity index (χ4n) is 6.88. The smallest absolute Gasteiger partial charge is 0.261 e. The lowest BCUT2D eigenvalue weighted by atomic mass is 9.61. The van der Waals surface area contributed by atoms with Crippen molar-refractivity contribution in [1.29, 1.82) is 0 Å². The Balaban J connectivity index is 1.78. The van der Waals surface area contributed by atoms with Crippen LogP contribution in [-0.4, -0.2) is 20.7 Å². The maximum absolute atomic E-state index is 12.8. The number of carbonyl (C=O) groups excluding carboxylic acids is 1. The molecule has 0 saturated heterocycles. The molecule has 0 aliphatic heterocycles. The van der Waals surface area contributed by atoms with Crippen molar-refractivity contribution in [2.75, 3.05) is 6.61 Å². The normalized spacial score (nSPS) is 27.7. The van der Waals surface area contributed by atoms with Gasteiger partial charge in [0.2, 0.25) is 0 Å². The van der Waals surface area contributed by atoms with Crippen molar-refractivity contribution < 1.29 is 9.22 Å². The minimum atomic E-state index is -2.60. The first-order valence-corrected chi connectivity index (χ1v) is 14.5. The van der Waals surface area contributed by atoms with Crippen LogP contribution in [0.2, 0.25) is 5.04 Å². The first-order valence-electron chi connectivity index (χ1n) is 12.6. The molecule has 0 amide bonds. The minimum absolute atomic E-state index is 0.0477. The molecule has 0 radical (unpaired) electrons. The van der Waals surface area contributed by atoms with E-state index >= 15 is 0 Å². The lowest BCUT2D eigenvalue weighted by molar-refractivity contribution is -0.125. The highest BCUT2D eigenvalue weighted by molar-refractivity contribution is 6.99. The van der Waals surface area contributed by atoms with Crippen LogP contribution in [0.5, 0.6) is 0 Å². The van der Waals surface area contributed by atoms with Crippen LogP contribution in [-0.2, 0) is 9.22 Å². The summed E-state index contributed by atoms with van der Waals surface area (Å²) in [5.74, 6) is 1.16. The van der Waals surface area contributed by atoms with Crippen LogP contribution < -0.4 is 10.4 Å². The van der Waals surface area contributed by atoms with Crippen LogP contribution in [0.4, 0.5) is 0 Å². The average molecular weight is 461 g/mol. The molecule has 2 aliphatic carbocycles. The van der Waals surface area contributed by atoms with Gasteiger partial charge in [-0.25, -0.2) is 0 Å². The Morgan fingerprint density at radius 3 is 2.06 bits per heavy atom. The molecule has 2 aromatic rings. The molecule has 1 fully saturated rings. The summed E-state index contributed by atoms with van der Waals surface area (Å²) in [6.45, 7) is 14.0. The maximum atomic E-state index is 12.8. The lowest BCUT2D eigenvalue weighted by Gasteiger charge is -2.46. The van der Waals surface area contributed by atoms with Crippen molar-refractivity contribution in [3.05, 3.63) is 72.3 Å². The molecular formula is C30H40O2Si. The van der Waals surface area contributed by atoms with Gasteiger partial charge in [0.25, 0.3) is 8.32 Å². The number of rotatable bonds is 6. The summed E-state index contributed by atoms with van der Waals surface area (Å²) in [7, 11) is -2.60. The van der Waals surface area contributed by atoms with E-state index in [4.69, 9.17) is 4.43 Å². The second-order valence-corrected chi connectivity index (χ2v) is 15.9. The molecule has 0 bridgehead atoms. The Hall–Kier alpha value is -1.97. The zero-order valence-electron chi connectivity index (χ0n) is 21.2. The van der Waals surface area contributed by atoms with Crippen molar-refractivity contribution in [2.24, 2.45) is 23.2 Å². The Labute approximate surface area is 201 Å². The number of hydrogen-bond donors (Lipinski definition) is 0. The molecule has 2 aliphatic rings. The van der Waals surface area contributed by atoms with Gasteiger partial charge in [0, 0.05) is 5.92 Å². The van der Waals surface area contributed by atoms with Crippen molar-refractivity contribution in [3.8, 4) is 0 Å². The third kappa shape index (κ3) is 4.19. The molecule has 2 nitrogen and oxygen atoms in total. The van der Waals surface area contributed by atoms with Gasteiger partial charge in [-0.3, -0.25) is 4.79 Å². The van der Waals surface area contributed by atoms with Crippen molar-refractivity contribution >= 4 is 24.5 Å². The van der Waals surface area contributed by atoms with Crippen molar-refractivity contribution in [2.45, 2.75) is 65.8 Å². The second-order valence-electron chi connectivity index (χ2n) is 11.6. The number of Topliss-reactive ketones (excluding diaryl/α,β-unsaturated/α-hetero) is 1. The van der Waals surface area contributed by atoms with Crippen LogP contribution in [0.1, 0.15) is 60.8 Å². The highest BCUT2D eigenvalue weighted by atomic mass is 28.4. The van der Waals surface area contributed by atoms with Gasteiger partial charge in [0.05, 0.1) is 6.61 Å². The molecule has 4 rings (SSSR count). The number of allylic oxidation sites excluding steroid dienone is 1. The van der Waals surface area contributed by atoms with Gasteiger partial charge in [-0.1, -0.05) is 108 Å². The SMILES string of the molecule is CC(=O)[C@@H]1[C@H](C)C(CO[Si](c2ccccc2)(c2ccccc2)C(C)(C)C)=C[C@@]2(C)CCC[C@@H]12. The van der Waals surface area contributed by atoms with Crippen LogP contribution in [0, 0.1) is 23.2 Å². The predicted octanol–water partition coefficient (Wildman–Crippen LogP) is 6.15. The fourth-order valence-corrected chi connectivity index (χ4v) is 11.4. The molecule has 4 atom stereocenters. The zero-order chi connectivity index (χ0) is 23.9. The Bertz CT molecular complexity index is 965. The molecule has 3 heteroatoms. The summed E-state index contributed by atoms with van der Waals surface area (Å²) < 4.78 is 7.26. The van der Waals surface area contributed by atoms with Crippen LogP contribution in [0.3, 0.4) is 0 Å². The van der Waals surface area contributed by atoms with E-state index in [2.05, 4.69) is 101 Å². The molecular weight excluding hydrogens is 420 g/mol. The Kier molecular flexibility index (Phi) is 6.59. The van der Waals surface area contributed by atoms with Gasteiger partial charge in [0.1, 0.15) is 5.78 Å². The van der Waals surface area contributed by atoms with Crippen LogP contribution >= 0.6 is 0 Å². The fraction of sp³-hybridized carbons (Fsp3) is 0.500. The number of ketones is 1. The highest BCUT2D eigenvalue weighted by Crippen LogP contribution is 2.55. The van der Waals surface area contributed by atoms with Gasteiger partial charge < -0.3 is 4.43 Å². The summed E-state index contributed by atoms with van der Waals surface area (Å²) >= 11 is 0. The third-order valence-corrected chi connectivity index (χ3v) is 13.5.